The van der Waals surface area contributed by atoms with E-state index in [1.54, 1.807) is 0 Å². The van der Waals surface area contributed by atoms with Crippen LogP contribution in [0.5, 0.6) is 0 Å². The molecule has 0 spiro atoms. The standard InChI is InChI=1S/C16H24N2O/c1-12-8-13(2)10-14(9-12)16(19)18(3)11-15-6-4-5-7-17-15/h8-10,15,17H,4-7,11H2,1-3H3. The highest BCUT2D eigenvalue weighted by Crippen LogP contribution is 2.13. The molecule has 1 aliphatic rings. The van der Waals surface area contributed by atoms with Gasteiger partial charge in [0, 0.05) is 25.2 Å². The largest absolute Gasteiger partial charge is 0.340 e. The lowest BCUT2D eigenvalue weighted by Gasteiger charge is -2.28. The predicted octanol–water partition coefficient (Wildman–Crippen LogP) is 2.52. The number of benzene rings is 1. The summed E-state index contributed by atoms with van der Waals surface area (Å²) in [5.41, 5.74) is 3.09. The number of carbonyl (C=O) groups is 1. The van der Waals surface area contributed by atoms with Gasteiger partial charge in [0.05, 0.1) is 0 Å². The summed E-state index contributed by atoms with van der Waals surface area (Å²) in [6.45, 7) is 5.95. The molecule has 1 aromatic rings. The van der Waals surface area contributed by atoms with Crippen molar-refractivity contribution in [2.75, 3.05) is 20.1 Å². The number of carbonyl (C=O) groups excluding carboxylic acids is 1. The Morgan fingerprint density at radius 3 is 2.53 bits per heavy atom. The number of rotatable bonds is 3. The van der Waals surface area contributed by atoms with Crippen LogP contribution in [0.15, 0.2) is 18.2 Å². The highest BCUT2D eigenvalue weighted by molar-refractivity contribution is 5.94. The van der Waals surface area contributed by atoms with Gasteiger partial charge in [-0.3, -0.25) is 4.79 Å². The van der Waals surface area contributed by atoms with Gasteiger partial charge in [0.25, 0.3) is 5.91 Å². The molecule has 1 fully saturated rings. The van der Waals surface area contributed by atoms with E-state index in [1.807, 2.05) is 37.9 Å². The van der Waals surface area contributed by atoms with Gasteiger partial charge in [0.1, 0.15) is 0 Å². The SMILES string of the molecule is Cc1cc(C)cc(C(=O)N(C)CC2CCCCN2)c1. The summed E-state index contributed by atoms with van der Waals surface area (Å²) in [6, 6.07) is 6.49. The van der Waals surface area contributed by atoms with Crippen LogP contribution in [-0.2, 0) is 0 Å². The van der Waals surface area contributed by atoms with Crippen molar-refractivity contribution in [2.24, 2.45) is 0 Å². The third-order valence-corrected chi connectivity index (χ3v) is 3.72. The monoisotopic (exact) mass is 260 g/mol. The minimum atomic E-state index is 0.124. The maximum Gasteiger partial charge on any atom is 0.253 e. The smallest absolute Gasteiger partial charge is 0.253 e. The van der Waals surface area contributed by atoms with Gasteiger partial charge in [-0.05, 0) is 45.4 Å². The highest BCUT2D eigenvalue weighted by atomic mass is 16.2. The molecule has 1 aliphatic heterocycles. The summed E-state index contributed by atoms with van der Waals surface area (Å²) in [4.78, 5) is 14.3. The molecule has 1 amide bonds. The summed E-state index contributed by atoms with van der Waals surface area (Å²) in [5, 5.41) is 3.49. The van der Waals surface area contributed by atoms with Crippen LogP contribution in [0.4, 0.5) is 0 Å². The number of hydrogen-bond donors (Lipinski definition) is 1. The molecular weight excluding hydrogens is 236 g/mol. The molecule has 3 nitrogen and oxygen atoms in total. The number of hydrogen-bond acceptors (Lipinski definition) is 2. The van der Waals surface area contributed by atoms with Crippen molar-refractivity contribution < 1.29 is 4.79 Å². The first-order chi connectivity index (χ1) is 9.06. The van der Waals surface area contributed by atoms with Crippen molar-refractivity contribution in [1.82, 2.24) is 10.2 Å². The molecular formula is C16H24N2O. The van der Waals surface area contributed by atoms with Crippen LogP contribution in [0.25, 0.3) is 0 Å². The van der Waals surface area contributed by atoms with E-state index in [1.165, 1.54) is 19.3 Å². The molecule has 1 aromatic carbocycles. The molecule has 19 heavy (non-hydrogen) atoms. The van der Waals surface area contributed by atoms with Gasteiger partial charge in [0.2, 0.25) is 0 Å². The fraction of sp³-hybridized carbons (Fsp3) is 0.562. The molecule has 1 atom stereocenters. The minimum Gasteiger partial charge on any atom is -0.340 e. The predicted molar refractivity (Wildman–Crippen MR) is 78.5 cm³/mol. The van der Waals surface area contributed by atoms with Gasteiger partial charge >= 0.3 is 0 Å². The Hall–Kier alpha value is -1.35. The Morgan fingerprint density at radius 1 is 1.26 bits per heavy atom. The normalized spacial score (nSPS) is 19.2. The lowest BCUT2D eigenvalue weighted by molar-refractivity contribution is 0.0775. The van der Waals surface area contributed by atoms with Gasteiger partial charge in [0.15, 0.2) is 0 Å². The van der Waals surface area contributed by atoms with E-state index >= 15 is 0 Å². The molecule has 1 heterocycles. The summed E-state index contributed by atoms with van der Waals surface area (Å²) < 4.78 is 0. The molecule has 1 saturated heterocycles. The first-order valence-corrected chi connectivity index (χ1v) is 7.13. The van der Waals surface area contributed by atoms with Crippen molar-refractivity contribution in [2.45, 2.75) is 39.2 Å². The maximum absolute atomic E-state index is 12.4. The molecule has 1 N–H and O–H groups in total. The summed E-state index contributed by atoms with van der Waals surface area (Å²) >= 11 is 0. The summed E-state index contributed by atoms with van der Waals surface area (Å²) in [5.74, 6) is 0.124. The molecule has 3 heteroatoms. The lowest BCUT2D eigenvalue weighted by atomic mass is 10.0. The highest BCUT2D eigenvalue weighted by Gasteiger charge is 2.18. The van der Waals surface area contributed by atoms with Crippen LogP contribution in [0.3, 0.4) is 0 Å². The molecule has 104 valence electrons. The zero-order valence-corrected chi connectivity index (χ0v) is 12.2. The number of aryl methyl sites for hydroxylation is 2. The van der Waals surface area contributed by atoms with E-state index in [4.69, 9.17) is 0 Å². The topological polar surface area (TPSA) is 32.3 Å². The lowest BCUT2D eigenvalue weighted by Crippen LogP contribution is -2.44. The van der Waals surface area contributed by atoms with E-state index in [2.05, 4.69) is 11.4 Å². The molecule has 2 rings (SSSR count). The van der Waals surface area contributed by atoms with Crippen molar-refractivity contribution in [1.29, 1.82) is 0 Å². The minimum absolute atomic E-state index is 0.124. The van der Waals surface area contributed by atoms with Crippen molar-refractivity contribution >= 4 is 5.91 Å². The van der Waals surface area contributed by atoms with E-state index in [0.717, 1.165) is 29.8 Å². The Labute approximate surface area is 116 Å². The van der Waals surface area contributed by atoms with Gasteiger partial charge in [-0.1, -0.05) is 23.6 Å². The quantitative estimate of drug-likeness (QED) is 0.905. The van der Waals surface area contributed by atoms with Crippen LogP contribution >= 0.6 is 0 Å². The second-order valence-electron chi connectivity index (χ2n) is 5.71. The van der Waals surface area contributed by atoms with Crippen molar-refractivity contribution in [3.8, 4) is 0 Å². The first kappa shape index (κ1) is 14.1. The molecule has 0 aliphatic carbocycles. The molecule has 0 aromatic heterocycles. The second kappa shape index (κ2) is 6.20. The van der Waals surface area contributed by atoms with Crippen molar-refractivity contribution in [3.63, 3.8) is 0 Å². The van der Waals surface area contributed by atoms with Crippen LogP contribution < -0.4 is 5.32 Å². The molecule has 1 unspecified atom stereocenters. The summed E-state index contributed by atoms with van der Waals surface area (Å²) in [7, 11) is 1.90. The number of nitrogens with zero attached hydrogens (tertiary/aromatic N) is 1. The zero-order valence-electron chi connectivity index (χ0n) is 12.2. The van der Waals surface area contributed by atoms with E-state index in [0.29, 0.717) is 6.04 Å². The van der Waals surface area contributed by atoms with Crippen molar-refractivity contribution in [3.05, 3.63) is 34.9 Å². The fourth-order valence-electron chi connectivity index (χ4n) is 2.81. The number of amides is 1. The number of likely N-dealkylation sites (N-methyl/N-ethyl adjacent to an activating group) is 1. The van der Waals surface area contributed by atoms with Crippen LogP contribution in [-0.4, -0.2) is 37.0 Å². The van der Waals surface area contributed by atoms with Crippen LogP contribution in [0, 0.1) is 13.8 Å². The van der Waals surface area contributed by atoms with Gasteiger partial charge in [-0.2, -0.15) is 0 Å². The Balaban J connectivity index is 2.01. The van der Waals surface area contributed by atoms with E-state index < -0.39 is 0 Å². The third-order valence-electron chi connectivity index (χ3n) is 3.72. The summed E-state index contributed by atoms with van der Waals surface area (Å²) in [6.07, 6.45) is 3.69. The van der Waals surface area contributed by atoms with Gasteiger partial charge < -0.3 is 10.2 Å². The molecule has 0 radical (unpaired) electrons. The van der Waals surface area contributed by atoms with E-state index in [9.17, 15) is 4.79 Å². The first-order valence-electron chi connectivity index (χ1n) is 7.13. The average molecular weight is 260 g/mol. The zero-order chi connectivity index (χ0) is 13.8. The van der Waals surface area contributed by atoms with E-state index in [-0.39, 0.29) is 5.91 Å². The Bertz CT molecular complexity index is 430. The average Bonchev–Trinajstić information content (AvgIpc) is 2.37. The van der Waals surface area contributed by atoms with Crippen LogP contribution in [0.1, 0.15) is 40.7 Å². The Kier molecular flexibility index (Phi) is 4.59. The van der Waals surface area contributed by atoms with Crippen LogP contribution in [0.2, 0.25) is 0 Å². The fourth-order valence-corrected chi connectivity index (χ4v) is 2.81. The van der Waals surface area contributed by atoms with Gasteiger partial charge in [-0.25, -0.2) is 0 Å². The second-order valence-corrected chi connectivity index (χ2v) is 5.71. The molecule has 0 saturated carbocycles. The third kappa shape index (κ3) is 3.80. The van der Waals surface area contributed by atoms with Gasteiger partial charge in [-0.15, -0.1) is 0 Å². The number of piperidine rings is 1. The maximum atomic E-state index is 12.4. The number of nitrogens with one attached hydrogen (secondary N) is 1. The molecule has 0 bridgehead atoms. The Morgan fingerprint density at radius 2 is 1.95 bits per heavy atom.